The Hall–Kier alpha value is 0.557. The largest absolute Gasteiger partial charge is 0.317 e. The third-order valence-electron chi connectivity index (χ3n) is 1.41. The number of rotatable bonds is 6. The first-order chi connectivity index (χ1) is 4.41. The van der Waals surface area contributed by atoms with Crippen LogP contribution in [0.5, 0.6) is 0 Å². The molecule has 0 bridgehead atoms. The minimum atomic E-state index is 0. The number of unbranched alkanes of at least 4 members (excludes halogenated alkanes) is 2. The minimum absolute atomic E-state index is 0. The molecule has 0 fully saturated rings. The third kappa shape index (κ3) is 11.4. The molecule has 0 spiro atoms. The summed E-state index contributed by atoms with van der Waals surface area (Å²) in [7, 11) is 0. The van der Waals surface area contributed by atoms with Gasteiger partial charge in [0, 0.05) is 18.9 Å². The van der Waals surface area contributed by atoms with Crippen molar-refractivity contribution < 1.29 is 0 Å². The van der Waals surface area contributed by atoms with E-state index in [1.807, 2.05) is 0 Å². The average molecular weight is 136 g/mol. The first-order valence-electron chi connectivity index (χ1n) is 4.12. The van der Waals surface area contributed by atoms with Crippen molar-refractivity contribution in [2.75, 3.05) is 13.1 Å². The summed E-state index contributed by atoms with van der Waals surface area (Å²) in [5.74, 6) is 0. The topological polar surface area (TPSA) is 12.0 Å². The average Bonchev–Trinajstić information content (AvgIpc) is 1.89. The van der Waals surface area contributed by atoms with Crippen LogP contribution in [0.25, 0.3) is 0 Å². The van der Waals surface area contributed by atoms with Crippen molar-refractivity contribution in [1.29, 1.82) is 0 Å². The SMILES string of the molecule is CCCCNCCCC.[Li]. The normalized spacial score (nSPS) is 9.00. The van der Waals surface area contributed by atoms with Crippen LogP contribution in [0, 0.1) is 0 Å². The second-order valence-electron chi connectivity index (χ2n) is 2.46. The molecule has 0 saturated heterocycles. The smallest absolute Gasteiger partial charge is 0 e. The first kappa shape index (κ1) is 13.2. The van der Waals surface area contributed by atoms with E-state index in [-0.39, 0.29) is 18.9 Å². The van der Waals surface area contributed by atoms with Crippen molar-refractivity contribution in [1.82, 2.24) is 5.32 Å². The quantitative estimate of drug-likeness (QED) is 0.433. The van der Waals surface area contributed by atoms with Crippen LogP contribution < -0.4 is 5.32 Å². The Kier molecular flexibility index (Phi) is 16.1. The van der Waals surface area contributed by atoms with Crippen LogP contribution in [0.2, 0.25) is 0 Å². The molecular formula is C8H19LiN. The van der Waals surface area contributed by atoms with Crippen LogP contribution in [-0.2, 0) is 0 Å². The Labute approximate surface area is 77.1 Å². The van der Waals surface area contributed by atoms with Crippen molar-refractivity contribution >= 4 is 18.9 Å². The summed E-state index contributed by atoms with van der Waals surface area (Å²) < 4.78 is 0. The zero-order valence-corrected chi connectivity index (χ0v) is 7.74. The molecule has 2 heteroatoms. The van der Waals surface area contributed by atoms with Crippen LogP contribution >= 0.6 is 0 Å². The van der Waals surface area contributed by atoms with Gasteiger partial charge in [-0.1, -0.05) is 26.7 Å². The standard InChI is InChI=1S/C8H19N.Li/c1-3-5-7-9-8-6-4-2;/h9H,3-8H2,1-2H3;. The van der Waals surface area contributed by atoms with Gasteiger partial charge in [0.25, 0.3) is 0 Å². The molecule has 1 radical (unpaired) electrons. The van der Waals surface area contributed by atoms with E-state index in [1.54, 1.807) is 0 Å². The zero-order valence-electron chi connectivity index (χ0n) is 7.74. The maximum Gasteiger partial charge on any atom is 0 e. The molecule has 0 atom stereocenters. The van der Waals surface area contributed by atoms with Gasteiger partial charge in [-0.3, -0.25) is 0 Å². The Morgan fingerprint density at radius 2 is 1.30 bits per heavy atom. The second kappa shape index (κ2) is 12.3. The van der Waals surface area contributed by atoms with E-state index in [4.69, 9.17) is 0 Å². The van der Waals surface area contributed by atoms with Crippen molar-refractivity contribution in [3.8, 4) is 0 Å². The van der Waals surface area contributed by atoms with E-state index >= 15 is 0 Å². The van der Waals surface area contributed by atoms with Crippen LogP contribution in [0.15, 0.2) is 0 Å². The monoisotopic (exact) mass is 136 g/mol. The van der Waals surface area contributed by atoms with Gasteiger partial charge in [0.2, 0.25) is 0 Å². The molecule has 0 rings (SSSR count). The molecule has 0 unspecified atom stereocenters. The predicted octanol–water partition coefficient (Wildman–Crippen LogP) is 1.80. The Balaban J connectivity index is 0. The molecule has 0 aliphatic carbocycles. The number of hydrogen-bond acceptors (Lipinski definition) is 1. The summed E-state index contributed by atoms with van der Waals surface area (Å²) in [6.07, 6.45) is 5.26. The molecule has 0 saturated carbocycles. The molecule has 1 nitrogen and oxygen atoms in total. The van der Waals surface area contributed by atoms with E-state index in [2.05, 4.69) is 19.2 Å². The van der Waals surface area contributed by atoms with Crippen molar-refractivity contribution in [3.05, 3.63) is 0 Å². The molecule has 0 heterocycles. The van der Waals surface area contributed by atoms with Gasteiger partial charge in [-0.15, -0.1) is 0 Å². The van der Waals surface area contributed by atoms with E-state index < -0.39 is 0 Å². The fourth-order valence-electron chi connectivity index (χ4n) is 0.729. The fourth-order valence-corrected chi connectivity index (χ4v) is 0.729. The van der Waals surface area contributed by atoms with E-state index in [0.717, 1.165) is 0 Å². The van der Waals surface area contributed by atoms with E-state index in [1.165, 1.54) is 38.8 Å². The summed E-state index contributed by atoms with van der Waals surface area (Å²) in [5, 5.41) is 3.39. The van der Waals surface area contributed by atoms with Gasteiger partial charge in [-0.25, -0.2) is 0 Å². The summed E-state index contributed by atoms with van der Waals surface area (Å²) in [6.45, 7) is 6.86. The van der Waals surface area contributed by atoms with Crippen LogP contribution in [0.4, 0.5) is 0 Å². The van der Waals surface area contributed by atoms with Crippen LogP contribution in [0.3, 0.4) is 0 Å². The molecule has 0 aromatic carbocycles. The van der Waals surface area contributed by atoms with E-state index in [0.29, 0.717) is 0 Å². The van der Waals surface area contributed by atoms with Gasteiger partial charge in [-0.05, 0) is 25.9 Å². The van der Waals surface area contributed by atoms with Crippen LogP contribution in [-0.4, -0.2) is 32.0 Å². The van der Waals surface area contributed by atoms with Gasteiger partial charge in [0.05, 0.1) is 0 Å². The summed E-state index contributed by atoms with van der Waals surface area (Å²) >= 11 is 0. The molecule has 0 aliphatic heterocycles. The Bertz CT molecular complexity index is 42.5. The molecule has 0 amide bonds. The molecule has 0 aromatic heterocycles. The molecular weight excluding hydrogens is 117 g/mol. The van der Waals surface area contributed by atoms with Gasteiger partial charge >= 0.3 is 0 Å². The second-order valence-corrected chi connectivity index (χ2v) is 2.46. The molecule has 0 aliphatic rings. The zero-order chi connectivity index (χ0) is 6.95. The Morgan fingerprint density at radius 1 is 0.900 bits per heavy atom. The molecule has 1 N–H and O–H groups in total. The minimum Gasteiger partial charge on any atom is -0.317 e. The summed E-state index contributed by atoms with van der Waals surface area (Å²) in [4.78, 5) is 0. The van der Waals surface area contributed by atoms with Crippen molar-refractivity contribution in [3.63, 3.8) is 0 Å². The fraction of sp³-hybridized carbons (Fsp3) is 1.00. The molecule has 10 heavy (non-hydrogen) atoms. The maximum atomic E-state index is 3.39. The first-order valence-corrected chi connectivity index (χ1v) is 4.12. The summed E-state index contributed by atoms with van der Waals surface area (Å²) in [5.41, 5.74) is 0. The van der Waals surface area contributed by atoms with E-state index in [9.17, 15) is 0 Å². The Morgan fingerprint density at radius 3 is 1.60 bits per heavy atom. The number of nitrogens with one attached hydrogen (secondary N) is 1. The number of hydrogen-bond donors (Lipinski definition) is 1. The third-order valence-corrected chi connectivity index (χ3v) is 1.41. The van der Waals surface area contributed by atoms with Crippen LogP contribution in [0.1, 0.15) is 39.5 Å². The molecule has 0 aromatic rings. The maximum absolute atomic E-state index is 3.39. The summed E-state index contributed by atoms with van der Waals surface area (Å²) in [6, 6.07) is 0. The van der Waals surface area contributed by atoms with Crippen molar-refractivity contribution in [2.45, 2.75) is 39.5 Å². The van der Waals surface area contributed by atoms with Gasteiger partial charge in [-0.2, -0.15) is 0 Å². The predicted molar refractivity (Wildman–Crippen MR) is 48.4 cm³/mol. The van der Waals surface area contributed by atoms with Gasteiger partial charge < -0.3 is 5.32 Å². The van der Waals surface area contributed by atoms with Crippen molar-refractivity contribution in [2.24, 2.45) is 0 Å². The molecule has 57 valence electrons. The van der Waals surface area contributed by atoms with Gasteiger partial charge in [0.15, 0.2) is 0 Å². The van der Waals surface area contributed by atoms with Gasteiger partial charge in [0.1, 0.15) is 0 Å².